The first-order chi connectivity index (χ1) is 12.2. The molecule has 0 unspecified atom stereocenters. The molecule has 3 aromatic carbocycles. The first kappa shape index (κ1) is 14.0. The minimum absolute atomic E-state index is 0.716. The zero-order valence-electron chi connectivity index (χ0n) is 14.1. The number of pyridine rings is 1. The number of nitriles is 1. The molecule has 0 aliphatic carbocycles. The normalized spacial score (nSPS) is 11.6. The lowest BCUT2D eigenvalue weighted by Gasteiger charge is -2.10. The number of aryl methyl sites for hydroxylation is 2. The predicted molar refractivity (Wildman–Crippen MR) is 101 cm³/mol. The molecule has 0 atom stereocenters. The molecule has 0 bridgehead atoms. The van der Waals surface area contributed by atoms with E-state index in [0.717, 1.165) is 21.9 Å². The number of hydrogen-bond donors (Lipinski definition) is 0. The summed E-state index contributed by atoms with van der Waals surface area (Å²) in [6, 6.07) is 19.1. The summed E-state index contributed by atoms with van der Waals surface area (Å²) in [5.74, 6) is 0. The Morgan fingerprint density at radius 2 is 1.72 bits per heavy atom. The zero-order chi connectivity index (χ0) is 17.1. The maximum atomic E-state index is 9.67. The van der Waals surface area contributed by atoms with E-state index in [9.17, 15) is 5.26 Å². The van der Waals surface area contributed by atoms with Gasteiger partial charge in [-0.3, -0.25) is 0 Å². The van der Waals surface area contributed by atoms with E-state index >= 15 is 0 Å². The van der Waals surface area contributed by atoms with Gasteiger partial charge in [0.15, 0.2) is 0 Å². The van der Waals surface area contributed by atoms with Crippen LogP contribution in [0.5, 0.6) is 0 Å². The van der Waals surface area contributed by atoms with Crippen LogP contribution in [0.4, 0.5) is 0 Å². The van der Waals surface area contributed by atoms with Crippen molar-refractivity contribution >= 4 is 38.1 Å². The molecule has 5 aromatic rings. The summed E-state index contributed by atoms with van der Waals surface area (Å²) < 4.78 is 4.36. The lowest BCUT2D eigenvalue weighted by atomic mass is 9.95. The first-order valence-corrected chi connectivity index (χ1v) is 8.34. The Labute approximate surface area is 145 Å². The molecule has 0 fully saturated rings. The lowest BCUT2D eigenvalue weighted by molar-refractivity contribution is -0.643. The summed E-state index contributed by atoms with van der Waals surface area (Å²) in [6.07, 6.45) is 4.15. The number of rotatable bonds is 0. The number of nitrogens with zero attached hydrogens (tertiary/aromatic N) is 3. The Bertz CT molecular complexity index is 1370. The van der Waals surface area contributed by atoms with Gasteiger partial charge >= 0.3 is 0 Å². The minimum atomic E-state index is 0.716. The van der Waals surface area contributed by atoms with E-state index in [4.69, 9.17) is 0 Å². The van der Waals surface area contributed by atoms with E-state index in [1.807, 2.05) is 24.3 Å². The molecule has 0 saturated heterocycles. The van der Waals surface area contributed by atoms with E-state index in [-0.39, 0.29) is 0 Å². The molecular weight excluding hydrogens is 306 g/mol. The summed E-state index contributed by atoms with van der Waals surface area (Å²) >= 11 is 0. The molecule has 0 aliphatic heterocycles. The minimum Gasteiger partial charge on any atom is -0.232 e. The van der Waals surface area contributed by atoms with Gasteiger partial charge in [-0.2, -0.15) is 9.66 Å². The molecule has 3 heteroatoms. The third kappa shape index (κ3) is 1.71. The Kier molecular flexibility index (Phi) is 2.69. The van der Waals surface area contributed by atoms with E-state index in [0.29, 0.717) is 5.56 Å². The molecule has 0 N–H and O–H groups in total. The number of benzene rings is 3. The molecule has 0 saturated carbocycles. The molecule has 3 nitrogen and oxygen atoms in total. The van der Waals surface area contributed by atoms with Crippen LogP contribution < -0.4 is 4.57 Å². The summed E-state index contributed by atoms with van der Waals surface area (Å²) in [5, 5.41) is 15.5. The van der Waals surface area contributed by atoms with Crippen LogP contribution in [0.3, 0.4) is 0 Å². The fourth-order valence-electron chi connectivity index (χ4n) is 4.07. The predicted octanol–water partition coefficient (Wildman–Crippen LogP) is 4.40. The van der Waals surface area contributed by atoms with E-state index < -0.39 is 0 Å². The van der Waals surface area contributed by atoms with Gasteiger partial charge in [-0.05, 0) is 17.9 Å². The summed E-state index contributed by atoms with van der Waals surface area (Å²) in [7, 11) is 2.07. The van der Waals surface area contributed by atoms with Gasteiger partial charge in [-0.15, -0.1) is 0 Å². The lowest BCUT2D eigenvalue weighted by Crippen LogP contribution is -2.26. The smallest absolute Gasteiger partial charge is 0.232 e. The molecule has 2 heterocycles. The van der Waals surface area contributed by atoms with Gasteiger partial charge in [0, 0.05) is 22.2 Å². The van der Waals surface area contributed by atoms with Crippen molar-refractivity contribution in [1.82, 2.24) is 4.40 Å². The third-order valence-electron chi connectivity index (χ3n) is 5.17. The second kappa shape index (κ2) is 4.81. The van der Waals surface area contributed by atoms with Crippen molar-refractivity contribution in [2.24, 2.45) is 7.05 Å². The number of fused-ring (bicyclic) bond motifs is 8. The van der Waals surface area contributed by atoms with Crippen LogP contribution >= 0.6 is 0 Å². The Hall–Kier alpha value is -3.38. The summed E-state index contributed by atoms with van der Waals surface area (Å²) in [6.45, 7) is 2.16. The molecule has 0 spiro atoms. The van der Waals surface area contributed by atoms with E-state index in [1.165, 1.54) is 21.7 Å². The molecule has 118 valence electrons. The number of hydrogen-bond acceptors (Lipinski definition) is 1. The summed E-state index contributed by atoms with van der Waals surface area (Å²) in [4.78, 5) is 0. The van der Waals surface area contributed by atoms with Gasteiger partial charge < -0.3 is 0 Å². The highest BCUT2D eigenvalue weighted by molar-refractivity contribution is 6.23. The highest BCUT2D eigenvalue weighted by Crippen LogP contribution is 2.36. The van der Waals surface area contributed by atoms with Gasteiger partial charge in [0.25, 0.3) is 5.65 Å². The van der Waals surface area contributed by atoms with Gasteiger partial charge in [-0.25, -0.2) is 4.57 Å². The Balaban J connectivity index is 2.26. The van der Waals surface area contributed by atoms with Crippen molar-refractivity contribution in [3.05, 3.63) is 72.1 Å². The molecular formula is C22H16N3+. The zero-order valence-corrected chi connectivity index (χ0v) is 14.1. The van der Waals surface area contributed by atoms with Crippen LogP contribution in [0.25, 0.3) is 38.1 Å². The van der Waals surface area contributed by atoms with Crippen LogP contribution in [-0.4, -0.2) is 4.40 Å². The maximum absolute atomic E-state index is 9.67. The van der Waals surface area contributed by atoms with Gasteiger partial charge in [-0.1, -0.05) is 42.5 Å². The molecule has 0 radical (unpaired) electrons. The average Bonchev–Trinajstić information content (AvgIpc) is 3.02. The summed E-state index contributed by atoms with van der Waals surface area (Å²) in [5.41, 5.74) is 4.20. The maximum Gasteiger partial charge on any atom is 0.294 e. The molecule has 5 rings (SSSR count). The highest BCUT2D eigenvalue weighted by atomic mass is 15.1. The average molecular weight is 322 g/mol. The van der Waals surface area contributed by atoms with Crippen molar-refractivity contribution in [1.29, 1.82) is 5.26 Å². The van der Waals surface area contributed by atoms with Gasteiger partial charge in [0.05, 0.1) is 24.1 Å². The van der Waals surface area contributed by atoms with Crippen molar-refractivity contribution in [3.8, 4) is 6.07 Å². The monoisotopic (exact) mass is 322 g/mol. The van der Waals surface area contributed by atoms with Crippen LogP contribution in [0.2, 0.25) is 0 Å². The second-order valence-corrected chi connectivity index (χ2v) is 6.58. The van der Waals surface area contributed by atoms with E-state index in [2.05, 4.69) is 65.7 Å². The van der Waals surface area contributed by atoms with E-state index in [1.54, 1.807) is 0 Å². The van der Waals surface area contributed by atoms with Crippen LogP contribution in [0.15, 0.2) is 60.9 Å². The van der Waals surface area contributed by atoms with Gasteiger partial charge in [0.2, 0.25) is 0 Å². The van der Waals surface area contributed by atoms with Crippen LogP contribution in [-0.2, 0) is 7.05 Å². The molecule has 0 aliphatic rings. The Morgan fingerprint density at radius 1 is 0.960 bits per heavy atom. The third-order valence-corrected chi connectivity index (χ3v) is 5.17. The SMILES string of the molecule is Cc1cccc2c1c1n(cc[n+]1C)c1cc(C#N)c3ccccc3c21. The van der Waals surface area contributed by atoms with Crippen LogP contribution in [0.1, 0.15) is 11.1 Å². The number of imidazole rings is 1. The van der Waals surface area contributed by atoms with Crippen molar-refractivity contribution in [2.75, 3.05) is 0 Å². The Morgan fingerprint density at radius 3 is 2.52 bits per heavy atom. The van der Waals surface area contributed by atoms with Crippen molar-refractivity contribution in [3.63, 3.8) is 0 Å². The number of aromatic nitrogens is 2. The van der Waals surface area contributed by atoms with Crippen LogP contribution in [0, 0.1) is 18.3 Å². The van der Waals surface area contributed by atoms with Gasteiger partial charge in [0.1, 0.15) is 17.9 Å². The highest BCUT2D eigenvalue weighted by Gasteiger charge is 2.21. The first-order valence-electron chi connectivity index (χ1n) is 8.34. The fraction of sp³-hybridized carbons (Fsp3) is 0.0909. The topological polar surface area (TPSA) is 32.1 Å². The molecule has 2 aromatic heterocycles. The quantitative estimate of drug-likeness (QED) is 0.307. The largest absolute Gasteiger partial charge is 0.294 e. The fourth-order valence-corrected chi connectivity index (χ4v) is 4.07. The standard InChI is InChI=1S/C22H16N3/c1-14-6-5-9-18-20(14)22-24(2)10-11-25(22)19-12-15(13-23)16-7-3-4-8-17(16)21(18)19/h3-12H,1-2H3/q+1. The van der Waals surface area contributed by atoms with Crippen molar-refractivity contribution < 1.29 is 4.57 Å². The second-order valence-electron chi connectivity index (χ2n) is 6.58. The molecule has 0 amide bonds. The van der Waals surface area contributed by atoms with Crippen molar-refractivity contribution in [2.45, 2.75) is 6.92 Å². The molecule has 25 heavy (non-hydrogen) atoms.